The molecule has 0 heterocycles. The van der Waals surface area contributed by atoms with Crippen LogP contribution in [0.15, 0.2) is 36.4 Å². The van der Waals surface area contributed by atoms with E-state index in [0.29, 0.717) is 0 Å². The van der Waals surface area contributed by atoms with Crippen molar-refractivity contribution in [3.05, 3.63) is 64.2 Å². The van der Waals surface area contributed by atoms with Crippen molar-refractivity contribution in [3.63, 3.8) is 0 Å². The Bertz CT molecular complexity index is 567. The Hall–Kier alpha value is -1.76. The van der Waals surface area contributed by atoms with Gasteiger partial charge in [0.2, 0.25) is 0 Å². The molecule has 0 atom stereocenters. The van der Waals surface area contributed by atoms with Crippen molar-refractivity contribution >= 4 is 0 Å². The predicted molar refractivity (Wildman–Crippen MR) is 85.7 cm³/mol. The highest BCUT2D eigenvalue weighted by molar-refractivity contribution is 5.43. The average molecular weight is 268 g/mol. The van der Waals surface area contributed by atoms with Crippen molar-refractivity contribution in [2.75, 3.05) is 7.11 Å². The van der Waals surface area contributed by atoms with Crippen LogP contribution in [0.3, 0.4) is 0 Å². The normalized spacial score (nSPS) is 10.6. The highest BCUT2D eigenvalue weighted by Crippen LogP contribution is 2.24. The zero-order valence-electron chi connectivity index (χ0n) is 13.0. The lowest BCUT2D eigenvalue weighted by molar-refractivity contribution is 0.411. The van der Waals surface area contributed by atoms with E-state index in [0.717, 1.165) is 25.0 Å². The minimum absolute atomic E-state index is 0.985. The fourth-order valence-electron chi connectivity index (χ4n) is 2.56. The van der Waals surface area contributed by atoms with Gasteiger partial charge in [0.15, 0.2) is 0 Å². The number of rotatable bonds is 5. The summed E-state index contributed by atoms with van der Waals surface area (Å²) < 4.78 is 5.37. The van der Waals surface area contributed by atoms with Gasteiger partial charge in [0.25, 0.3) is 0 Å². The van der Waals surface area contributed by atoms with Crippen LogP contribution in [0.2, 0.25) is 0 Å². The molecule has 2 rings (SSSR count). The van der Waals surface area contributed by atoms with Crippen molar-refractivity contribution in [2.45, 2.75) is 40.0 Å². The Morgan fingerprint density at radius 2 is 1.45 bits per heavy atom. The summed E-state index contributed by atoms with van der Waals surface area (Å²) in [6, 6.07) is 13.3. The first-order valence-corrected chi connectivity index (χ1v) is 7.36. The predicted octanol–water partition coefficient (Wildman–Crippen LogP) is 4.66. The topological polar surface area (TPSA) is 9.23 Å². The molecule has 0 amide bonds. The fourth-order valence-corrected chi connectivity index (χ4v) is 2.56. The Morgan fingerprint density at radius 1 is 0.800 bits per heavy atom. The van der Waals surface area contributed by atoms with E-state index >= 15 is 0 Å². The monoisotopic (exact) mass is 268 g/mol. The molecule has 0 bridgehead atoms. The summed E-state index contributed by atoms with van der Waals surface area (Å²) in [6.45, 7) is 6.51. The van der Waals surface area contributed by atoms with Crippen molar-refractivity contribution in [2.24, 2.45) is 0 Å². The molecule has 1 heteroatoms. The molecule has 1 nitrogen and oxygen atoms in total. The first kappa shape index (κ1) is 14.6. The molecule has 0 N–H and O–H groups in total. The van der Waals surface area contributed by atoms with Crippen LogP contribution in [0, 0.1) is 13.8 Å². The quantitative estimate of drug-likeness (QED) is 0.766. The van der Waals surface area contributed by atoms with Crippen LogP contribution in [0.4, 0.5) is 0 Å². The van der Waals surface area contributed by atoms with Crippen LogP contribution < -0.4 is 4.74 Å². The van der Waals surface area contributed by atoms with Crippen molar-refractivity contribution in [1.29, 1.82) is 0 Å². The molecular formula is C19H24O. The maximum atomic E-state index is 5.37. The zero-order chi connectivity index (χ0) is 14.5. The Labute approximate surface area is 122 Å². The first-order chi connectivity index (χ1) is 9.65. The lowest BCUT2D eigenvalue weighted by Crippen LogP contribution is -1.98. The van der Waals surface area contributed by atoms with E-state index in [1.165, 1.54) is 27.8 Å². The molecule has 0 spiro atoms. The lowest BCUT2D eigenvalue weighted by Gasteiger charge is -2.12. The Morgan fingerprint density at radius 3 is 2.05 bits per heavy atom. The molecule has 0 radical (unpaired) electrons. The van der Waals surface area contributed by atoms with Gasteiger partial charge in [-0.3, -0.25) is 0 Å². The van der Waals surface area contributed by atoms with Crippen molar-refractivity contribution in [1.82, 2.24) is 0 Å². The van der Waals surface area contributed by atoms with Gasteiger partial charge in [0.1, 0.15) is 5.75 Å². The molecule has 0 aromatic heterocycles. The van der Waals surface area contributed by atoms with Gasteiger partial charge in [0.05, 0.1) is 7.11 Å². The third-order valence-electron chi connectivity index (χ3n) is 4.18. The summed E-state index contributed by atoms with van der Waals surface area (Å²) in [6.07, 6.45) is 3.29. The average Bonchev–Trinajstić information content (AvgIpc) is 2.49. The van der Waals surface area contributed by atoms with E-state index in [2.05, 4.69) is 57.2 Å². The number of benzene rings is 2. The summed E-state index contributed by atoms with van der Waals surface area (Å²) in [5.41, 5.74) is 6.85. The summed E-state index contributed by atoms with van der Waals surface area (Å²) >= 11 is 0. The van der Waals surface area contributed by atoms with Crippen LogP contribution in [0.5, 0.6) is 5.75 Å². The number of ether oxygens (including phenoxy) is 1. The van der Waals surface area contributed by atoms with Gasteiger partial charge in [0, 0.05) is 0 Å². The minimum Gasteiger partial charge on any atom is -0.496 e. The molecule has 0 aliphatic heterocycles. The SMILES string of the molecule is CCc1ccc(CCc2ccc(OC)c(C)c2C)cc1. The van der Waals surface area contributed by atoms with E-state index in [9.17, 15) is 0 Å². The molecular weight excluding hydrogens is 244 g/mol. The van der Waals surface area contributed by atoms with Crippen molar-refractivity contribution < 1.29 is 4.74 Å². The Balaban J connectivity index is 2.08. The van der Waals surface area contributed by atoms with Gasteiger partial charge in [-0.05, 0) is 67.0 Å². The van der Waals surface area contributed by atoms with Crippen LogP contribution in [0.25, 0.3) is 0 Å². The molecule has 0 saturated heterocycles. The third-order valence-corrected chi connectivity index (χ3v) is 4.18. The second-order valence-electron chi connectivity index (χ2n) is 5.35. The molecule has 2 aromatic carbocycles. The molecule has 20 heavy (non-hydrogen) atoms. The standard InChI is InChI=1S/C19H24O/c1-5-16-6-8-17(9-7-16)10-11-18-12-13-19(20-4)15(3)14(18)2/h6-9,12-13H,5,10-11H2,1-4H3. The maximum Gasteiger partial charge on any atom is 0.122 e. The van der Waals surface area contributed by atoms with E-state index in [1.807, 2.05) is 0 Å². The van der Waals surface area contributed by atoms with Gasteiger partial charge in [-0.1, -0.05) is 37.3 Å². The number of methoxy groups -OCH3 is 1. The summed E-state index contributed by atoms with van der Waals surface area (Å²) in [7, 11) is 1.73. The van der Waals surface area contributed by atoms with Gasteiger partial charge >= 0.3 is 0 Å². The molecule has 2 aromatic rings. The summed E-state index contributed by atoms with van der Waals surface area (Å²) in [5.74, 6) is 0.985. The second kappa shape index (κ2) is 6.60. The van der Waals surface area contributed by atoms with Crippen molar-refractivity contribution in [3.8, 4) is 5.75 Å². The number of hydrogen-bond acceptors (Lipinski definition) is 1. The maximum absolute atomic E-state index is 5.37. The molecule has 0 aliphatic rings. The summed E-state index contributed by atoms with van der Waals surface area (Å²) in [4.78, 5) is 0. The molecule has 0 fully saturated rings. The Kier molecular flexibility index (Phi) is 4.84. The zero-order valence-corrected chi connectivity index (χ0v) is 13.0. The van der Waals surface area contributed by atoms with Gasteiger partial charge in [-0.15, -0.1) is 0 Å². The second-order valence-corrected chi connectivity index (χ2v) is 5.35. The van der Waals surface area contributed by atoms with Gasteiger partial charge in [-0.25, -0.2) is 0 Å². The largest absolute Gasteiger partial charge is 0.496 e. The highest BCUT2D eigenvalue weighted by Gasteiger charge is 2.06. The molecule has 0 unspecified atom stereocenters. The van der Waals surface area contributed by atoms with Gasteiger partial charge in [-0.2, -0.15) is 0 Å². The minimum atomic E-state index is 0.985. The van der Waals surface area contributed by atoms with E-state index < -0.39 is 0 Å². The van der Waals surface area contributed by atoms with Crippen LogP contribution in [0.1, 0.15) is 34.7 Å². The van der Waals surface area contributed by atoms with Crippen LogP contribution >= 0.6 is 0 Å². The van der Waals surface area contributed by atoms with Crippen LogP contribution in [-0.4, -0.2) is 7.11 Å². The van der Waals surface area contributed by atoms with E-state index in [1.54, 1.807) is 7.11 Å². The van der Waals surface area contributed by atoms with Crippen LogP contribution in [-0.2, 0) is 19.3 Å². The van der Waals surface area contributed by atoms with E-state index in [-0.39, 0.29) is 0 Å². The highest BCUT2D eigenvalue weighted by atomic mass is 16.5. The number of hydrogen-bond donors (Lipinski definition) is 0. The van der Waals surface area contributed by atoms with E-state index in [4.69, 9.17) is 4.74 Å². The molecule has 106 valence electrons. The lowest BCUT2D eigenvalue weighted by atomic mass is 9.96. The first-order valence-electron chi connectivity index (χ1n) is 7.36. The molecule has 0 saturated carbocycles. The fraction of sp³-hybridized carbons (Fsp3) is 0.368. The number of aryl methyl sites for hydroxylation is 3. The smallest absolute Gasteiger partial charge is 0.122 e. The third kappa shape index (κ3) is 3.22. The van der Waals surface area contributed by atoms with Gasteiger partial charge < -0.3 is 4.74 Å². The molecule has 0 aliphatic carbocycles. The summed E-state index contributed by atoms with van der Waals surface area (Å²) in [5, 5.41) is 0.